The van der Waals surface area contributed by atoms with Gasteiger partial charge in [-0.25, -0.2) is 12.8 Å². The van der Waals surface area contributed by atoms with Crippen LogP contribution in [0.5, 0.6) is 0 Å². The van der Waals surface area contributed by atoms with Gasteiger partial charge in [0, 0.05) is 19.0 Å². The summed E-state index contributed by atoms with van der Waals surface area (Å²) >= 11 is 0. The van der Waals surface area contributed by atoms with E-state index < -0.39 is 10.0 Å². The quantitative estimate of drug-likeness (QED) is 0.730. The van der Waals surface area contributed by atoms with Crippen molar-refractivity contribution in [2.24, 2.45) is 11.8 Å². The highest BCUT2D eigenvalue weighted by atomic mass is 32.2. The second-order valence-electron chi connectivity index (χ2n) is 7.89. The average Bonchev–Trinajstić information content (AvgIpc) is 2.97. The van der Waals surface area contributed by atoms with Crippen molar-refractivity contribution in [1.29, 1.82) is 0 Å². The third kappa shape index (κ3) is 3.03. The monoisotopic (exact) mass is 385 g/mol. The molecule has 0 amide bonds. The molecule has 2 aromatic rings. The van der Waals surface area contributed by atoms with Crippen LogP contribution in [-0.2, 0) is 10.0 Å². The Labute approximate surface area is 160 Å². The van der Waals surface area contributed by atoms with Crippen molar-refractivity contribution >= 4 is 10.0 Å². The summed E-state index contributed by atoms with van der Waals surface area (Å²) in [4.78, 5) is 0.353. The first-order valence-corrected chi connectivity index (χ1v) is 10.7. The summed E-state index contributed by atoms with van der Waals surface area (Å²) < 4.78 is 41.1. The summed E-state index contributed by atoms with van der Waals surface area (Å²) in [6.07, 6.45) is 0. The summed E-state index contributed by atoms with van der Waals surface area (Å²) in [5, 5.41) is 0. The standard InChI is InChI=1S/C22H24FNO2S/c1-14(2)21-19-12-24(27(25,26)18-10-4-15(3)5-11-18)13-20(19)22(21)16-6-8-17(23)9-7-16/h4-11,19-20,22H,12-13H2,1-3H3/t19-,20+,22-/m1/s1. The molecular weight excluding hydrogens is 361 g/mol. The lowest BCUT2D eigenvalue weighted by Gasteiger charge is -2.44. The highest BCUT2D eigenvalue weighted by Gasteiger charge is 2.54. The molecule has 5 heteroatoms. The first kappa shape index (κ1) is 18.4. The molecule has 2 fully saturated rings. The molecule has 0 unspecified atom stereocenters. The van der Waals surface area contributed by atoms with Gasteiger partial charge in [-0.2, -0.15) is 4.31 Å². The Hall–Kier alpha value is -1.98. The van der Waals surface area contributed by atoms with Crippen LogP contribution < -0.4 is 0 Å². The molecule has 0 N–H and O–H groups in total. The summed E-state index contributed by atoms with van der Waals surface area (Å²) in [5.41, 5.74) is 4.66. The van der Waals surface area contributed by atoms with E-state index in [0.717, 1.165) is 11.1 Å². The van der Waals surface area contributed by atoms with Crippen LogP contribution in [-0.4, -0.2) is 25.8 Å². The van der Waals surface area contributed by atoms with Crippen molar-refractivity contribution in [3.8, 4) is 0 Å². The molecule has 27 heavy (non-hydrogen) atoms. The molecule has 1 heterocycles. The van der Waals surface area contributed by atoms with Crippen LogP contribution >= 0.6 is 0 Å². The number of benzene rings is 2. The number of sulfonamides is 1. The van der Waals surface area contributed by atoms with Crippen molar-refractivity contribution in [2.75, 3.05) is 13.1 Å². The van der Waals surface area contributed by atoms with Crippen LogP contribution in [0.3, 0.4) is 0 Å². The summed E-state index contributed by atoms with van der Waals surface area (Å²) in [6.45, 7) is 7.15. The zero-order chi connectivity index (χ0) is 19.3. The lowest BCUT2D eigenvalue weighted by Crippen LogP contribution is -2.37. The molecule has 1 aliphatic carbocycles. The van der Waals surface area contributed by atoms with Gasteiger partial charge in [0.05, 0.1) is 4.90 Å². The molecule has 0 bridgehead atoms. The lowest BCUT2D eigenvalue weighted by molar-refractivity contribution is 0.295. The largest absolute Gasteiger partial charge is 0.243 e. The van der Waals surface area contributed by atoms with Crippen molar-refractivity contribution in [3.63, 3.8) is 0 Å². The van der Waals surface area contributed by atoms with Gasteiger partial charge >= 0.3 is 0 Å². The van der Waals surface area contributed by atoms with E-state index in [4.69, 9.17) is 0 Å². The Bertz CT molecular complexity index is 990. The maximum absolute atomic E-state index is 13.3. The van der Waals surface area contributed by atoms with Crippen molar-refractivity contribution in [3.05, 3.63) is 76.6 Å². The molecule has 0 radical (unpaired) electrons. The SMILES string of the molecule is CC(C)=C1[C@H](c2ccc(F)cc2)[C@H]2CN(S(=O)(=O)c3ccc(C)cc3)C[C@@H]12. The van der Waals surface area contributed by atoms with E-state index in [-0.39, 0.29) is 23.6 Å². The predicted molar refractivity (Wildman–Crippen MR) is 104 cm³/mol. The van der Waals surface area contributed by atoms with Crippen LogP contribution in [0.1, 0.15) is 30.9 Å². The highest BCUT2D eigenvalue weighted by molar-refractivity contribution is 7.89. The summed E-state index contributed by atoms with van der Waals surface area (Å²) in [6, 6.07) is 13.7. The van der Waals surface area contributed by atoms with E-state index in [1.807, 2.05) is 31.2 Å². The van der Waals surface area contributed by atoms with Gasteiger partial charge in [-0.05, 0) is 62.4 Å². The van der Waals surface area contributed by atoms with Gasteiger partial charge in [-0.15, -0.1) is 0 Å². The van der Waals surface area contributed by atoms with E-state index in [1.54, 1.807) is 16.4 Å². The van der Waals surface area contributed by atoms with Crippen LogP contribution in [0.15, 0.2) is 64.6 Å². The van der Waals surface area contributed by atoms with E-state index >= 15 is 0 Å². The van der Waals surface area contributed by atoms with Crippen LogP contribution in [0.4, 0.5) is 4.39 Å². The number of rotatable bonds is 3. The number of nitrogens with zero attached hydrogens (tertiary/aromatic N) is 1. The average molecular weight is 386 g/mol. The molecule has 4 rings (SSSR count). The Morgan fingerprint density at radius 3 is 2.22 bits per heavy atom. The highest BCUT2D eigenvalue weighted by Crippen LogP contribution is 2.57. The number of halogens is 1. The van der Waals surface area contributed by atoms with Crippen LogP contribution in [0.2, 0.25) is 0 Å². The normalized spacial score (nSPS) is 25.2. The lowest BCUT2D eigenvalue weighted by atomic mass is 9.59. The van der Waals surface area contributed by atoms with Gasteiger partial charge in [0.25, 0.3) is 0 Å². The fourth-order valence-corrected chi connectivity index (χ4v) is 6.14. The van der Waals surface area contributed by atoms with Gasteiger partial charge in [0.15, 0.2) is 0 Å². The van der Waals surface area contributed by atoms with E-state index in [0.29, 0.717) is 18.0 Å². The zero-order valence-electron chi connectivity index (χ0n) is 15.8. The van der Waals surface area contributed by atoms with Crippen molar-refractivity contribution in [2.45, 2.75) is 31.6 Å². The molecule has 3 nitrogen and oxygen atoms in total. The zero-order valence-corrected chi connectivity index (χ0v) is 16.6. The molecule has 1 aliphatic heterocycles. The summed E-state index contributed by atoms with van der Waals surface area (Å²) in [7, 11) is -3.49. The third-order valence-corrected chi connectivity index (χ3v) is 7.81. The third-order valence-electron chi connectivity index (χ3n) is 5.96. The van der Waals surface area contributed by atoms with E-state index in [2.05, 4.69) is 13.8 Å². The van der Waals surface area contributed by atoms with Gasteiger partial charge in [-0.3, -0.25) is 0 Å². The number of fused-ring (bicyclic) bond motifs is 1. The van der Waals surface area contributed by atoms with Gasteiger partial charge in [-0.1, -0.05) is 41.0 Å². The molecule has 3 atom stereocenters. The van der Waals surface area contributed by atoms with Crippen molar-refractivity contribution in [1.82, 2.24) is 4.31 Å². The molecule has 1 saturated carbocycles. The maximum Gasteiger partial charge on any atom is 0.243 e. The second-order valence-corrected chi connectivity index (χ2v) is 9.83. The van der Waals surface area contributed by atoms with Gasteiger partial charge < -0.3 is 0 Å². The van der Waals surface area contributed by atoms with Crippen molar-refractivity contribution < 1.29 is 12.8 Å². The Balaban J connectivity index is 1.65. The maximum atomic E-state index is 13.3. The molecule has 0 aromatic heterocycles. The minimum absolute atomic E-state index is 0.179. The molecule has 1 saturated heterocycles. The Morgan fingerprint density at radius 1 is 1.00 bits per heavy atom. The second kappa shape index (κ2) is 6.57. The molecular formula is C22H24FNO2S. The number of hydrogen-bond acceptors (Lipinski definition) is 2. The minimum Gasteiger partial charge on any atom is -0.207 e. The number of aryl methyl sites for hydroxylation is 1. The smallest absolute Gasteiger partial charge is 0.207 e. The fourth-order valence-electron chi connectivity index (χ4n) is 4.64. The molecule has 142 valence electrons. The molecule has 0 spiro atoms. The van der Waals surface area contributed by atoms with Gasteiger partial charge in [0.2, 0.25) is 10.0 Å². The van der Waals surface area contributed by atoms with E-state index in [9.17, 15) is 12.8 Å². The molecule has 2 aliphatic rings. The van der Waals surface area contributed by atoms with Crippen LogP contribution in [0, 0.1) is 24.6 Å². The predicted octanol–water partition coefficient (Wildman–Crippen LogP) is 4.50. The minimum atomic E-state index is -3.49. The summed E-state index contributed by atoms with van der Waals surface area (Å²) in [5.74, 6) is 0.438. The number of allylic oxidation sites excluding steroid dienone is 1. The van der Waals surface area contributed by atoms with Gasteiger partial charge in [0.1, 0.15) is 5.82 Å². The fraction of sp³-hybridized carbons (Fsp3) is 0.364. The first-order chi connectivity index (χ1) is 12.8. The van der Waals surface area contributed by atoms with E-state index in [1.165, 1.54) is 23.3 Å². The topological polar surface area (TPSA) is 37.4 Å². The first-order valence-electron chi connectivity index (χ1n) is 9.28. The Kier molecular flexibility index (Phi) is 4.47. The molecule has 2 aromatic carbocycles. The Morgan fingerprint density at radius 2 is 1.63 bits per heavy atom. The number of hydrogen-bond donors (Lipinski definition) is 0. The van der Waals surface area contributed by atoms with Crippen LogP contribution in [0.25, 0.3) is 0 Å².